The Bertz CT molecular complexity index is 434. The number of nitrogens with one attached hydrogen (secondary N) is 1. The van der Waals surface area contributed by atoms with Gasteiger partial charge in [0.15, 0.2) is 0 Å². The molecule has 1 N–H and O–H groups in total. The van der Waals surface area contributed by atoms with E-state index in [1.807, 2.05) is 6.07 Å². The van der Waals surface area contributed by atoms with E-state index in [9.17, 15) is 0 Å². The largest absolute Gasteiger partial charge is 0.467 e. The second-order valence-corrected chi connectivity index (χ2v) is 3.81. The van der Waals surface area contributed by atoms with Gasteiger partial charge < -0.3 is 9.84 Å². The van der Waals surface area contributed by atoms with Crippen LogP contribution in [0.4, 0.5) is 0 Å². The molecule has 0 aliphatic heterocycles. The van der Waals surface area contributed by atoms with Crippen molar-refractivity contribution >= 4 is 0 Å². The summed E-state index contributed by atoms with van der Waals surface area (Å²) in [5.74, 6) is 0.988. The lowest BCUT2D eigenvalue weighted by Gasteiger charge is -2.11. The van der Waals surface area contributed by atoms with Gasteiger partial charge in [-0.3, -0.25) is 4.68 Å². The fourth-order valence-electron chi connectivity index (χ4n) is 1.65. The van der Waals surface area contributed by atoms with Crippen LogP contribution >= 0.6 is 0 Å². The Balaban J connectivity index is 2.08. The number of rotatable bonds is 3. The Morgan fingerprint density at radius 3 is 2.33 bits per heavy atom. The van der Waals surface area contributed by atoms with Crippen molar-refractivity contribution < 1.29 is 4.42 Å². The third kappa shape index (κ3) is 1.91. The number of aromatic nitrogens is 1. The van der Waals surface area contributed by atoms with Crippen LogP contribution in [0.3, 0.4) is 0 Å². The maximum absolute atomic E-state index is 5.37. The molecule has 3 nitrogen and oxygen atoms in total. The second kappa shape index (κ2) is 3.85. The van der Waals surface area contributed by atoms with Gasteiger partial charge in [0.05, 0.1) is 12.8 Å². The number of hydrogen-bond donors (Lipinski definition) is 1. The first-order valence-electron chi connectivity index (χ1n) is 5.10. The van der Waals surface area contributed by atoms with Crippen molar-refractivity contribution in [1.82, 2.24) is 4.68 Å². The zero-order chi connectivity index (χ0) is 10.8. The average Bonchev–Trinajstić information content (AvgIpc) is 2.73. The molecule has 80 valence electrons. The highest BCUT2D eigenvalue weighted by molar-refractivity contribution is 5.18. The van der Waals surface area contributed by atoms with E-state index < -0.39 is 0 Å². The molecular weight excluding hydrogens is 188 g/mol. The Morgan fingerprint density at radius 1 is 1.13 bits per heavy atom. The summed E-state index contributed by atoms with van der Waals surface area (Å²) < 4.78 is 7.44. The predicted octanol–water partition coefficient (Wildman–Crippen LogP) is 2.75. The number of hydrogen-bond acceptors (Lipinski definition) is 2. The predicted molar refractivity (Wildman–Crippen MR) is 60.4 cm³/mol. The molecule has 0 unspecified atom stereocenters. The Kier molecular flexibility index (Phi) is 2.54. The molecule has 0 aliphatic carbocycles. The van der Waals surface area contributed by atoms with Gasteiger partial charge in [-0.1, -0.05) is 0 Å². The zero-order valence-electron chi connectivity index (χ0n) is 9.37. The number of aryl methyl sites for hydroxylation is 3. The minimum absolute atomic E-state index is 0.717. The third-order valence-corrected chi connectivity index (χ3v) is 2.64. The fourth-order valence-corrected chi connectivity index (χ4v) is 1.65. The molecule has 0 radical (unpaired) electrons. The molecule has 15 heavy (non-hydrogen) atoms. The van der Waals surface area contributed by atoms with Crippen molar-refractivity contribution in [2.24, 2.45) is 0 Å². The van der Waals surface area contributed by atoms with Crippen LogP contribution in [-0.4, -0.2) is 4.68 Å². The van der Waals surface area contributed by atoms with E-state index in [4.69, 9.17) is 4.42 Å². The topological polar surface area (TPSA) is 30.1 Å². The summed E-state index contributed by atoms with van der Waals surface area (Å²) in [6.07, 6.45) is 1.72. The monoisotopic (exact) mass is 204 g/mol. The molecule has 0 aromatic carbocycles. The van der Waals surface area contributed by atoms with Gasteiger partial charge in [-0.2, -0.15) is 0 Å². The lowest BCUT2D eigenvalue weighted by molar-refractivity contribution is 0.506. The van der Waals surface area contributed by atoms with Crippen molar-refractivity contribution in [2.45, 2.75) is 27.3 Å². The molecule has 0 fully saturated rings. The average molecular weight is 204 g/mol. The van der Waals surface area contributed by atoms with Crippen LogP contribution < -0.4 is 5.43 Å². The Hall–Kier alpha value is -1.64. The molecule has 2 aromatic rings. The fraction of sp³-hybridized carbons (Fsp3) is 0.333. The van der Waals surface area contributed by atoms with Crippen LogP contribution in [0.2, 0.25) is 0 Å². The van der Waals surface area contributed by atoms with Crippen molar-refractivity contribution in [3.63, 3.8) is 0 Å². The maximum atomic E-state index is 5.37. The van der Waals surface area contributed by atoms with Crippen molar-refractivity contribution in [3.8, 4) is 0 Å². The van der Waals surface area contributed by atoms with E-state index in [0.29, 0.717) is 0 Å². The highest BCUT2D eigenvalue weighted by Crippen LogP contribution is 2.10. The molecule has 0 atom stereocenters. The van der Waals surface area contributed by atoms with Crippen molar-refractivity contribution in [1.29, 1.82) is 0 Å². The first-order chi connectivity index (χ1) is 7.18. The first kappa shape index (κ1) is 9.90. The quantitative estimate of drug-likeness (QED) is 0.833. The Labute approximate surface area is 89.7 Å². The van der Waals surface area contributed by atoms with Crippen molar-refractivity contribution in [2.75, 3.05) is 5.43 Å². The summed E-state index contributed by atoms with van der Waals surface area (Å²) in [5, 5.41) is 0. The normalized spacial score (nSPS) is 10.6. The van der Waals surface area contributed by atoms with E-state index >= 15 is 0 Å². The van der Waals surface area contributed by atoms with E-state index in [-0.39, 0.29) is 0 Å². The van der Waals surface area contributed by atoms with Crippen LogP contribution in [0, 0.1) is 20.8 Å². The van der Waals surface area contributed by atoms with Crippen LogP contribution in [0.15, 0.2) is 28.9 Å². The van der Waals surface area contributed by atoms with Crippen LogP contribution in [-0.2, 0) is 6.54 Å². The molecule has 0 spiro atoms. The molecule has 0 saturated heterocycles. The third-order valence-electron chi connectivity index (χ3n) is 2.64. The minimum Gasteiger partial charge on any atom is -0.467 e. The summed E-state index contributed by atoms with van der Waals surface area (Å²) in [4.78, 5) is 0. The molecule has 0 aliphatic rings. The summed E-state index contributed by atoms with van der Waals surface area (Å²) in [6, 6.07) is 6.17. The summed E-state index contributed by atoms with van der Waals surface area (Å²) in [6.45, 7) is 6.93. The molecule has 0 bridgehead atoms. The van der Waals surface area contributed by atoms with Gasteiger partial charge in [0, 0.05) is 11.4 Å². The minimum atomic E-state index is 0.717. The lowest BCUT2D eigenvalue weighted by atomic mass is 10.3. The van der Waals surface area contributed by atoms with Gasteiger partial charge in [0.1, 0.15) is 5.76 Å². The van der Waals surface area contributed by atoms with Gasteiger partial charge in [-0.25, -0.2) is 0 Å². The second-order valence-electron chi connectivity index (χ2n) is 3.81. The summed E-state index contributed by atoms with van der Waals surface area (Å²) in [7, 11) is 0. The SMILES string of the molecule is Cc1ccoc1CNn1c(C)ccc1C. The van der Waals surface area contributed by atoms with E-state index in [1.54, 1.807) is 6.26 Å². The number of furan rings is 1. The summed E-state index contributed by atoms with van der Waals surface area (Å²) >= 11 is 0. The van der Waals surface area contributed by atoms with Gasteiger partial charge in [0.2, 0.25) is 0 Å². The molecule has 2 aromatic heterocycles. The highest BCUT2D eigenvalue weighted by Gasteiger charge is 2.03. The van der Waals surface area contributed by atoms with Gasteiger partial charge in [-0.05, 0) is 44.5 Å². The molecule has 0 saturated carbocycles. The van der Waals surface area contributed by atoms with Gasteiger partial charge in [-0.15, -0.1) is 0 Å². The maximum Gasteiger partial charge on any atom is 0.127 e. The van der Waals surface area contributed by atoms with E-state index in [0.717, 1.165) is 12.3 Å². The smallest absolute Gasteiger partial charge is 0.127 e. The zero-order valence-corrected chi connectivity index (χ0v) is 9.37. The molecule has 3 heteroatoms. The van der Waals surface area contributed by atoms with Gasteiger partial charge >= 0.3 is 0 Å². The molecule has 2 rings (SSSR count). The first-order valence-corrected chi connectivity index (χ1v) is 5.10. The van der Waals surface area contributed by atoms with Gasteiger partial charge in [0.25, 0.3) is 0 Å². The lowest BCUT2D eigenvalue weighted by Crippen LogP contribution is -2.16. The molecule has 0 amide bonds. The van der Waals surface area contributed by atoms with Crippen LogP contribution in [0.5, 0.6) is 0 Å². The Morgan fingerprint density at radius 2 is 1.80 bits per heavy atom. The van der Waals surface area contributed by atoms with Crippen LogP contribution in [0.25, 0.3) is 0 Å². The summed E-state index contributed by atoms with van der Waals surface area (Å²) in [5.41, 5.74) is 6.92. The molecule has 2 heterocycles. The highest BCUT2D eigenvalue weighted by atomic mass is 16.3. The van der Waals surface area contributed by atoms with Crippen molar-refractivity contribution in [3.05, 3.63) is 47.2 Å². The molecular formula is C12H16N2O. The van der Waals surface area contributed by atoms with Crippen LogP contribution in [0.1, 0.15) is 22.7 Å². The number of nitrogens with zero attached hydrogens (tertiary/aromatic N) is 1. The standard InChI is InChI=1S/C12H16N2O/c1-9-6-7-15-12(9)8-13-14-10(2)4-5-11(14)3/h4-7,13H,8H2,1-3H3. The van der Waals surface area contributed by atoms with E-state index in [2.05, 4.69) is 43.0 Å². The van der Waals surface area contributed by atoms with E-state index in [1.165, 1.54) is 17.0 Å².